The van der Waals surface area contributed by atoms with Crippen LogP contribution in [-0.2, 0) is 9.84 Å². The van der Waals surface area contributed by atoms with Crippen molar-refractivity contribution in [1.82, 2.24) is 9.78 Å². The Kier molecular flexibility index (Phi) is 5.36. The molecule has 148 valence electrons. The Morgan fingerprint density at radius 2 is 1.80 bits per heavy atom. The van der Waals surface area contributed by atoms with Crippen LogP contribution in [0.2, 0.25) is 0 Å². The number of aryl methyl sites for hydroxylation is 1. The molecule has 0 aliphatic rings. The fourth-order valence-corrected chi connectivity index (χ4v) is 4.85. The van der Waals surface area contributed by atoms with Crippen LogP contribution < -0.4 is 0 Å². The topological polar surface area (TPSA) is 75.8 Å². The van der Waals surface area contributed by atoms with Gasteiger partial charge in [0.1, 0.15) is 16.7 Å². The molecular weight excluding hydrogens is 414 g/mol. The highest BCUT2D eigenvalue weighted by molar-refractivity contribution is 7.95. The number of benzene rings is 2. The molecular formula is C23H17N3O2S2. The minimum atomic E-state index is -3.94. The molecule has 0 amide bonds. The van der Waals surface area contributed by atoms with Gasteiger partial charge in [-0.05, 0) is 48.7 Å². The number of hydrogen-bond acceptors (Lipinski definition) is 5. The maximum atomic E-state index is 13.0. The third-order valence-corrected chi connectivity index (χ3v) is 7.09. The first-order valence-electron chi connectivity index (χ1n) is 9.11. The summed E-state index contributed by atoms with van der Waals surface area (Å²) in [5.41, 5.74) is 2.98. The van der Waals surface area contributed by atoms with Crippen molar-refractivity contribution >= 4 is 27.3 Å². The van der Waals surface area contributed by atoms with E-state index in [1.165, 1.54) is 29.5 Å². The average Bonchev–Trinajstić information content (AvgIpc) is 3.42. The molecule has 30 heavy (non-hydrogen) atoms. The lowest BCUT2D eigenvalue weighted by atomic mass is 10.2. The molecule has 0 bridgehead atoms. The molecule has 0 aliphatic heterocycles. The van der Waals surface area contributed by atoms with Gasteiger partial charge in [-0.2, -0.15) is 10.4 Å². The van der Waals surface area contributed by atoms with Crippen molar-refractivity contribution in [3.05, 3.63) is 94.3 Å². The molecule has 0 radical (unpaired) electrons. The number of aromatic nitrogens is 2. The summed E-state index contributed by atoms with van der Waals surface area (Å²) >= 11 is 1.50. The van der Waals surface area contributed by atoms with Crippen molar-refractivity contribution in [3.8, 4) is 22.3 Å². The SMILES string of the molecule is Cc1ccc(S(=O)(=O)/C(C#N)=C/c2cn(-c3ccccc3)nc2-c2cccs2)cc1. The second-order valence-electron chi connectivity index (χ2n) is 6.63. The summed E-state index contributed by atoms with van der Waals surface area (Å²) < 4.78 is 27.8. The van der Waals surface area contributed by atoms with Gasteiger partial charge in [-0.1, -0.05) is 42.0 Å². The van der Waals surface area contributed by atoms with E-state index in [9.17, 15) is 13.7 Å². The van der Waals surface area contributed by atoms with Crippen molar-refractivity contribution in [3.63, 3.8) is 0 Å². The van der Waals surface area contributed by atoms with Crippen LogP contribution in [0.3, 0.4) is 0 Å². The highest BCUT2D eigenvalue weighted by Gasteiger charge is 2.22. The average molecular weight is 432 g/mol. The normalized spacial score (nSPS) is 11.9. The van der Waals surface area contributed by atoms with E-state index < -0.39 is 9.84 Å². The van der Waals surface area contributed by atoms with Gasteiger partial charge in [-0.3, -0.25) is 0 Å². The monoisotopic (exact) mass is 431 g/mol. The number of nitriles is 1. The minimum absolute atomic E-state index is 0.0917. The molecule has 0 N–H and O–H groups in total. The largest absolute Gasteiger partial charge is 0.240 e. The molecule has 0 saturated heterocycles. The van der Waals surface area contributed by atoms with E-state index in [2.05, 4.69) is 5.10 Å². The highest BCUT2D eigenvalue weighted by Crippen LogP contribution is 2.31. The van der Waals surface area contributed by atoms with Gasteiger partial charge >= 0.3 is 0 Å². The molecule has 5 nitrogen and oxygen atoms in total. The maximum Gasteiger partial charge on any atom is 0.216 e. The quantitative estimate of drug-likeness (QED) is 0.405. The predicted octanol–water partition coefficient (Wildman–Crippen LogP) is 5.25. The zero-order valence-corrected chi connectivity index (χ0v) is 17.7. The molecule has 0 fully saturated rings. The number of rotatable bonds is 5. The van der Waals surface area contributed by atoms with E-state index in [1.54, 1.807) is 23.0 Å². The number of thiophene rings is 1. The van der Waals surface area contributed by atoms with Gasteiger partial charge in [0.2, 0.25) is 9.84 Å². The van der Waals surface area contributed by atoms with E-state index in [1.807, 2.05) is 60.8 Å². The first-order chi connectivity index (χ1) is 14.5. The highest BCUT2D eigenvalue weighted by atomic mass is 32.2. The number of para-hydroxylation sites is 1. The lowest BCUT2D eigenvalue weighted by molar-refractivity contribution is 0.603. The minimum Gasteiger partial charge on any atom is -0.240 e. The predicted molar refractivity (Wildman–Crippen MR) is 119 cm³/mol. The molecule has 2 aromatic carbocycles. The molecule has 0 saturated carbocycles. The zero-order chi connectivity index (χ0) is 21.1. The van der Waals surface area contributed by atoms with E-state index in [-0.39, 0.29) is 9.80 Å². The van der Waals surface area contributed by atoms with E-state index in [0.29, 0.717) is 11.3 Å². The summed E-state index contributed by atoms with van der Waals surface area (Å²) in [6, 6.07) is 21.7. The van der Waals surface area contributed by atoms with Gasteiger partial charge in [-0.25, -0.2) is 13.1 Å². The van der Waals surface area contributed by atoms with Gasteiger partial charge in [0, 0.05) is 11.8 Å². The lowest BCUT2D eigenvalue weighted by Gasteiger charge is -2.03. The Hall–Kier alpha value is -3.47. The molecule has 0 aliphatic carbocycles. The number of hydrogen-bond donors (Lipinski definition) is 0. The lowest BCUT2D eigenvalue weighted by Crippen LogP contribution is -2.03. The third-order valence-electron chi connectivity index (χ3n) is 4.54. The molecule has 4 aromatic rings. The van der Waals surface area contributed by atoms with Gasteiger partial charge in [0.05, 0.1) is 15.5 Å². The Morgan fingerprint density at radius 3 is 2.43 bits per heavy atom. The summed E-state index contributed by atoms with van der Waals surface area (Å²) in [5, 5.41) is 16.2. The van der Waals surface area contributed by atoms with Crippen LogP contribution in [0, 0.1) is 18.3 Å². The molecule has 0 unspecified atom stereocenters. The van der Waals surface area contributed by atoms with Gasteiger partial charge in [0.25, 0.3) is 0 Å². The van der Waals surface area contributed by atoms with Gasteiger partial charge < -0.3 is 0 Å². The van der Waals surface area contributed by atoms with Crippen LogP contribution in [0.25, 0.3) is 22.3 Å². The van der Waals surface area contributed by atoms with Crippen molar-refractivity contribution in [2.24, 2.45) is 0 Å². The van der Waals surface area contributed by atoms with Crippen LogP contribution in [0.4, 0.5) is 0 Å². The van der Waals surface area contributed by atoms with Gasteiger partial charge in [-0.15, -0.1) is 11.3 Å². The molecule has 0 atom stereocenters. The Balaban J connectivity index is 1.86. The number of sulfone groups is 1. The Morgan fingerprint density at radius 1 is 1.07 bits per heavy atom. The van der Waals surface area contributed by atoms with Crippen molar-refractivity contribution in [1.29, 1.82) is 5.26 Å². The molecule has 2 aromatic heterocycles. The smallest absolute Gasteiger partial charge is 0.216 e. The standard InChI is InChI=1S/C23H17N3O2S2/c1-17-9-11-20(12-10-17)30(27,28)21(15-24)14-18-16-26(19-6-3-2-4-7-19)25-23(18)22-8-5-13-29-22/h2-14,16H,1H3/b21-14+. The van der Waals surface area contributed by atoms with Crippen molar-refractivity contribution < 1.29 is 8.42 Å². The van der Waals surface area contributed by atoms with E-state index in [0.717, 1.165) is 16.1 Å². The van der Waals surface area contributed by atoms with Crippen molar-refractivity contribution in [2.45, 2.75) is 11.8 Å². The summed E-state index contributed by atoms with van der Waals surface area (Å²) in [7, 11) is -3.94. The Labute approximate surface area is 179 Å². The van der Waals surface area contributed by atoms with Crippen molar-refractivity contribution in [2.75, 3.05) is 0 Å². The Bertz CT molecular complexity index is 1340. The number of allylic oxidation sites excluding steroid dienone is 1. The summed E-state index contributed by atoms with van der Waals surface area (Å²) in [6.45, 7) is 1.88. The second kappa shape index (κ2) is 8.11. The summed E-state index contributed by atoms with van der Waals surface area (Å²) in [5.74, 6) is 0. The summed E-state index contributed by atoms with van der Waals surface area (Å²) in [4.78, 5) is 0.659. The fourth-order valence-electron chi connectivity index (χ4n) is 2.97. The molecule has 7 heteroatoms. The van der Waals surface area contributed by atoms with Crippen LogP contribution in [0.1, 0.15) is 11.1 Å². The van der Waals surface area contributed by atoms with Crippen LogP contribution >= 0.6 is 11.3 Å². The first-order valence-corrected chi connectivity index (χ1v) is 11.5. The maximum absolute atomic E-state index is 13.0. The molecule has 2 heterocycles. The van der Waals surface area contributed by atoms with E-state index >= 15 is 0 Å². The summed E-state index contributed by atoms with van der Waals surface area (Å²) in [6.07, 6.45) is 3.14. The fraction of sp³-hybridized carbons (Fsp3) is 0.0435. The zero-order valence-electron chi connectivity index (χ0n) is 16.1. The van der Waals surface area contributed by atoms with Crippen LogP contribution in [0.5, 0.6) is 0 Å². The first kappa shape index (κ1) is 19.8. The van der Waals surface area contributed by atoms with Crippen LogP contribution in [-0.4, -0.2) is 18.2 Å². The van der Waals surface area contributed by atoms with Gasteiger partial charge in [0.15, 0.2) is 0 Å². The molecule has 0 spiro atoms. The van der Waals surface area contributed by atoms with Crippen LogP contribution in [0.15, 0.2) is 88.1 Å². The molecule has 4 rings (SSSR count). The second-order valence-corrected chi connectivity index (χ2v) is 9.49. The third kappa shape index (κ3) is 3.83. The number of nitrogens with zero attached hydrogens (tertiary/aromatic N) is 3. The van der Waals surface area contributed by atoms with E-state index in [4.69, 9.17) is 0 Å².